The number of morpholine rings is 1. The molecule has 0 bridgehead atoms. The number of benzene rings is 2. The average molecular weight is 388 g/mol. The van der Waals surface area contributed by atoms with Crippen molar-refractivity contribution in [2.75, 3.05) is 31.2 Å². The van der Waals surface area contributed by atoms with Crippen molar-refractivity contribution in [3.63, 3.8) is 0 Å². The van der Waals surface area contributed by atoms with Gasteiger partial charge in [0.05, 0.1) is 23.6 Å². The summed E-state index contributed by atoms with van der Waals surface area (Å²) in [5.74, 6) is -0.518. The molecule has 1 aromatic heterocycles. The second-order valence-corrected chi connectivity index (χ2v) is 8.07. The highest BCUT2D eigenvalue weighted by Gasteiger charge is 2.22. The summed E-state index contributed by atoms with van der Waals surface area (Å²) in [6.45, 7) is 2.71. The molecule has 2 aromatic carbocycles. The Hall–Kier alpha value is -2.71. The average Bonchev–Trinajstić information content (AvgIpc) is 3.08. The lowest BCUT2D eigenvalue weighted by molar-refractivity contribution is 0.112. The van der Waals surface area contributed by atoms with E-state index in [1.807, 2.05) is 12.1 Å². The minimum absolute atomic E-state index is 0.0458. The molecule has 27 heavy (non-hydrogen) atoms. The molecule has 1 aliphatic rings. The molecular formula is C19H17FN2O4S. The highest BCUT2D eigenvalue weighted by Crippen LogP contribution is 2.29. The van der Waals surface area contributed by atoms with Crippen LogP contribution in [0.2, 0.25) is 0 Å². The number of fused-ring (bicyclic) bond motifs is 1. The zero-order valence-electron chi connectivity index (χ0n) is 14.3. The van der Waals surface area contributed by atoms with E-state index in [1.165, 1.54) is 18.3 Å². The first kappa shape index (κ1) is 17.7. The molecule has 0 radical (unpaired) electrons. The molecule has 140 valence electrons. The van der Waals surface area contributed by atoms with E-state index in [-0.39, 0.29) is 10.5 Å². The van der Waals surface area contributed by atoms with Crippen molar-refractivity contribution in [3.05, 3.63) is 60.0 Å². The summed E-state index contributed by atoms with van der Waals surface area (Å²) in [6, 6.07) is 9.94. The molecule has 6 nitrogen and oxygen atoms in total. The quantitative estimate of drug-likeness (QED) is 0.643. The van der Waals surface area contributed by atoms with Crippen LogP contribution in [0.15, 0.2) is 53.6 Å². The first-order valence-electron chi connectivity index (χ1n) is 8.45. The maximum absolute atomic E-state index is 13.1. The standard InChI is InChI=1S/C19H17FN2O4S/c20-15-1-4-17(5-2-15)27(24,25)22-12-14(13-23)18-11-16(3-6-19(18)22)21-7-9-26-10-8-21/h1-6,11-13H,7-10H2. The van der Waals surface area contributed by atoms with Crippen molar-refractivity contribution < 1.29 is 22.3 Å². The summed E-state index contributed by atoms with van der Waals surface area (Å²) in [4.78, 5) is 13.6. The lowest BCUT2D eigenvalue weighted by atomic mass is 10.1. The summed E-state index contributed by atoms with van der Waals surface area (Å²) in [7, 11) is -3.95. The number of halogens is 1. The molecule has 0 amide bonds. The highest BCUT2D eigenvalue weighted by molar-refractivity contribution is 7.90. The monoisotopic (exact) mass is 388 g/mol. The Labute approximate surface area is 155 Å². The zero-order valence-corrected chi connectivity index (χ0v) is 15.2. The second-order valence-electron chi connectivity index (χ2n) is 6.26. The Bertz CT molecular complexity index is 1100. The van der Waals surface area contributed by atoms with Crippen molar-refractivity contribution in [1.82, 2.24) is 3.97 Å². The van der Waals surface area contributed by atoms with Crippen molar-refractivity contribution in [2.24, 2.45) is 0 Å². The lowest BCUT2D eigenvalue weighted by Crippen LogP contribution is -2.36. The van der Waals surface area contributed by atoms with Gasteiger partial charge in [0.2, 0.25) is 0 Å². The maximum atomic E-state index is 13.1. The molecule has 0 spiro atoms. The number of aldehydes is 1. The molecule has 0 saturated carbocycles. The van der Waals surface area contributed by atoms with Crippen LogP contribution in [0.5, 0.6) is 0 Å². The van der Waals surface area contributed by atoms with Gasteiger partial charge in [-0.3, -0.25) is 4.79 Å². The van der Waals surface area contributed by atoms with Gasteiger partial charge < -0.3 is 9.64 Å². The van der Waals surface area contributed by atoms with Gasteiger partial charge in [-0.15, -0.1) is 0 Å². The molecule has 0 unspecified atom stereocenters. The fraction of sp³-hybridized carbons (Fsp3) is 0.211. The third kappa shape index (κ3) is 3.11. The smallest absolute Gasteiger partial charge is 0.268 e. The summed E-state index contributed by atoms with van der Waals surface area (Å²) in [5, 5.41) is 0.555. The summed E-state index contributed by atoms with van der Waals surface area (Å²) >= 11 is 0. The molecule has 0 N–H and O–H groups in total. The molecule has 1 fully saturated rings. The number of aromatic nitrogens is 1. The Morgan fingerprint density at radius 1 is 1.04 bits per heavy atom. The topological polar surface area (TPSA) is 68.6 Å². The normalized spacial score (nSPS) is 15.2. The van der Waals surface area contributed by atoms with E-state index < -0.39 is 15.8 Å². The Kier molecular flexibility index (Phi) is 4.45. The van der Waals surface area contributed by atoms with Gasteiger partial charge in [0.25, 0.3) is 10.0 Å². The predicted octanol–water partition coefficient (Wildman–Crippen LogP) is 2.67. The van der Waals surface area contributed by atoms with Crippen LogP contribution in [0, 0.1) is 5.82 Å². The van der Waals surface area contributed by atoms with E-state index in [4.69, 9.17) is 4.74 Å². The van der Waals surface area contributed by atoms with Crippen LogP contribution in [-0.4, -0.2) is 45.0 Å². The summed E-state index contributed by atoms with van der Waals surface area (Å²) in [5.41, 5.74) is 1.59. The van der Waals surface area contributed by atoms with Crippen LogP contribution in [0.1, 0.15) is 10.4 Å². The van der Waals surface area contributed by atoms with Gasteiger partial charge in [0.15, 0.2) is 6.29 Å². The van der Waals surface area contributed by atoms with E-state index in [1.54, 1.807) is 6.07 Å². The predicted molar refractivity (Wildman–Crippen MR) is 99.3 cm³/mol. The molecule has 1 aliphatic heterocycles. The third-order valence-corrected chi connectivity index (χ3v) is 6.35. The minimum Gasteiger partial charge on any atom is -0.378 e. The molecule has 0 atom stereocenters. The Balaban J connectivity index is 1.84. The number of ether oxygens (including phenoxy) is 1. The van der Waals surface area contributed by atoms with Crippen LogP contribution in [-0.2, 0) is 14.8 Å². The SMILES string of the molecule is O=Cc1cn(S(=O)(=O)c2ccc(F)cc2)c2ccc(N3CCOCC3)cc12. The number of nitrogens with zero attached hydrogens (tertiary/aromatic N) is 2. The van der Waals surface area contributed by atoms with Crippen molar-refractivity contribution in [2.45, 2.75) is 4.90 Å². The highest BCUT2D eigenvalue weighted by atomic mass is 32.2. The van der Waals surface area contributed by atoms with Gasteiger partial charge in [0.1, 0.15) is 5.82 Å². The second kappa shape index (κ2) is 6.79. The number of hydrogen-bond donors (Lipinski definition) is 0. The number of carbonyl (C=O) groups is 1. The lowest BCUT2D eigenvalue weighted by Gasteiger charge is -2.29. The zero-order chi connectivity index (χ0) is 19.0. The van der Waals surface area contributed by atoms with Crippen molar-refractivity contribution in [3.8, 4) is 0 Å². The van der Waals surface area contributed by atoms with Gasteiger partial charge in [-0.25, -0.2) is 16.8 Å². The van der Waals surface area contributed by atoms with Gasteiger partial charge in [-0.05, 0) is 42.5 Å². The van der Waals surface area contributed by atoms with E-state index in [2.05, 4.69) is 4.90 Å². The van der Waals surface area contributed by atoms with Gasteiger partial charge in [0, 0.05) is 35.9 Å². The molecule has 2 heterocycles. The fourth-order valence-electron chi connectivity index (χ4n) is 3.24. The van der Waals surface area contributed by atoms with E-state index in [0.29, 0.717) is 30.4 Å². The van der Waals surface area contributed by atoms with E-state index in [0.717, 1.165) is 34.9 Å². The Morgan fingerprint density at radius 3 is 2.41 bits per heavy atom. The van der Waals surface area contributed by atoms with Gasteiger partial charge in [-0.1, -0.05) is 0 Å². The van der Waals surface area contributed by atoms with E-state index in [9.17, 15) is 17.6 Å². The largest absolute Gasteiger partial charge is 0.378 e. The molecule has 1 saturated heterocycles. The van der Waals surface area contributed by atoms with Crippen LogP contribution < -0.4 is 4.90 Å². The maximum Gasteiger partial charge on any atom is 0.268 e. The van der Waals surface area contributed by atoms with Crippen molar-refractivity contribution in [1.29, 1.82) is 0 Å². The number of anilines is 1. The number of hydrogen-bond acceptors (Lipinski definition) is 5. The van der Waals surface area contributed by atoms with Crippen LogP contribution in [0.3, 0.4) is 0 Å². The number of rotatable bonds is 4. The van der Waals surface area contributed by atoms with E-state index >= 15 is 0 Å². The van der Waals surface area contributed by atoms with Gasteiger partial charge in [-0.2, -0.15) is 0 Å². The van der Waals surface area contributed by atoms with Crippen LogP contribution in [0.4, 0.5) is 10.1 Å². The van der Waals surface area contributed by atoms with Crippen LogP contribution >= 0.6 is 0 Å². The number of carbonyl (C=O) groups excluding carboxylic acids is 1. The molecule has 3 aromatic rings. The van der Waals surface area contributed by atoms with Crippen LogP contribution in [0.25, 0.3) is 10.9 Å². The third-order valence-electron chi connectivity index (χ3n) is 4.66. The molecule has 8 heteroatoms. The Morgan fingerprint density at radius 2 is 1.74 bits per heavy atom. The fourth-order valence-corrected chi connectivity index (χ4v) is 4.62. The van der Waals surface area contributed by atoms with Crippen molar-refractivity contribution >= 4 is 32.9 Å². The van der Waals surface area contributed by atoms with Gasteiger partial charge >= 0.3 is 0 Å². The molecule has 4 rings (SSSR count). The first-order valence-corrected chi connectivity index (χ1v) is 9.89. The molecule has 0 aliphatic carbocycles. The summed E-state index contributed by atoms with van der Waals surface area (Å²) in [6.07, 6.45) is 1.95. The molecular weight excluding hydrogens is 371 g/mol. The summed E-state index contributed by atoms with van der Waals surface area (Å²) < 4.78 is 45.5. The minimum atomic E-state index is -3.95. The first-order chi connectivity index (χ1) is 13.0.